The van der Waals surface area contributed by atoms with Gasteiger partial charge in [-0.15, -0.1) is 12.4 Å². The molecule has 0 saturated heterocycles. The van der Waals surface area contributed by atoms with Crippen LogP contribution in [0.5, 0.6) is 0 Å². The predicted octanol–water partition coefficient (Wildman–Crippen LogP) is 1.40. The Morgan fingerprint density at radius 2 is 1.88 bits per heavy atom. The molecular formula is C12H27ClN2O2. The van der Waals surface area contributed by atoms with Crippen LogP contribution in [0.25, 0.3) is 0 Å². The Hall–Kier alpha value is -0.320. The van der Waals surface area contributed by atoms with Crippen molar-refractivity contribution in [2.75, 3.05) is 19.7 Å². The maximum atomic E-state index is 12.0. The molecule has 1 atom stereocenters. The van der Waals surface area contributed by atoms with E-state index < -0.39 is 6.04 Å². The van der Waals surface area contributed by atoms with Crippen LogP contribution >= 0.6 is 12.4 Å². The van der Waals surface area contributed by atoms with Crippen molar-refractivity contribution in [1.82, 2.24) is 4.90 Å². The van der Waals surface area contributed by atoms with Gasteiger partial charge in [-0.2, -0.15) is 0 Å². The summed E-state index contributed by atoms with van der Waals surface area (Å²) in [5.41, 5.74) is 5.82. The largest absolute Gasteiger partial charge is 0.395 e. The van der Waals surface area contributed by atoms with Crippen molar-refractivity contribution in [2.24, 2.45) is 11.7 Å². The second-order valence-electron chi connectivity index (χ2n) is 4.53. The SMILES string of the molecule is CCCCCN(CCO)C(=O)[C@@H](N)C(C)C.Cl. The highest BCUT2D eigenvalue weighted by Crippen LogP contribution is 2.05. The molecule has 0 aliphatic carbocycles. The molecule has 0 aromatic rings. The molecule has 0 spiro atoms. The molecule has 0 aliphatic heterocycles. The highest BCUT2D eigenvalue weighted by molar-refractivity contribution is 5.85. The van der Waals surface area contributed by atoms with E-state index in [0.717, 1.165) is 19.3 Å². The number of nitrogens with zero attached hydrogens (tertiary/aromatic N) is 1. The van der Waals surface area contributed by atoms with Crippen molar-refractivity contribution < 1.29 is 9.90 Å². The standard InChI is InChI=1S/C12H26N2O2.ClH/c1-4-5-6-7-14(8-9-15)12(16)11(13)10(2)3;/h10-11,15H,4-9,13H2,1-3H3;1H/t11-;/m0./s1. The summed E-state index contributed by atoms with van der Waals surface area (Å²) in [6.07, 6.45) is 3.20. The van der Waals surface area contributed by atoms with E-state index in [0.29, 0.717) is 13.1 Å². The maximum Gasteiger partial charge on any atom is 0.239 e. The number of carbonyl (C=O) groups is 1. The molecular weight excluding hydrogens is 240 g/mol. The number of hydrogen-bond acceptors (Lipinski definition) is 3. The van der Waals surface area contributed by atoms with Crippen LogP contribution < -0.4 is 5.73 Å². The molecule has 0 rings (SSSR count). The molecule has 0 aromatic heterocycles. The number of amides is 1. The summed E-state index contributed by atoms with van der Waals surface area (Å²) in [7, 11) is 0. The number of nitrogens with two attached hydrogens (primary N) is 1. The molecule has 0 fully saturated rings. The van der Waals surface area contributed by atoms with Gasteiger partial charge in [0.05, 0.1) is 12.6 Å². The van der Waals surface area contributed by atoms with Crippen LogP contribution in [0.4, 0.5) is 0 Å². The van der Waals surface area contributed by atoms with E-state index in [1.54, 1.807) is 4.90 Å². The van der Waals surface area contributed by atoms with Gasteiger partial charge in [0, 0.05) is 13.1 Å². The van der Waals surface area contributed by atoms with Gasteiger partial charge in [0.1, 0.15) is 0 Å². The Kier molecular flexibility index (Phi) is 12.1. The van der Waals surface area contributed by atoms with Crippen LogP contribution in [0.1, 0.15) is 40.0 Å². The Bertz CT molecular complexity index is 201. The van der Waals surface area contributed by atoms with Gasteiger partial charge in [-0.3, -0.25) is 4.79 Å². The predicted molar refractivity (Wildman–Crippen MR) is 73.3 cm³/mol. The van der Waals surface area contributed by atoms with Crippen molar-refractivity contribution in [3.05, 3.63) is 0 Å². The number of unbranched alkanes of at least 4 members (excludes halogenated alkanes) is 2. The highest BCUT2D eigenvalue weighted by atomic mass is 35.5. The van der Waals surface area contributed by atoms with Crippen molar-refractivity contribution in [3.63, 3.8) is 0 Å². The normalized spacial score (nSPS) is 12.1. The highest BCUT2D eigenvalue weighted by Gasteiger charge is 2.22. The topological polar surface area (TPSA) is 66.6 Å². The third kappa shape index (κ3) is 7.58. The molecule has 0 saturated carbocycles. The summed E-state index contributed by atoms with van der Waals surface area (Å²) in [5.74, 6) is 0.0972. The van der Waals surface area contributed by atoms with Gasteiger partial charge in [0.15, 0.2) is 0 Å². The smallest absolute Gasteiger partial charge is 0.239 e. The van der Waals surface area contributed by atoms with Crippen LogP contribution in [0.3, 0.4) is 0 Å². The van der Waals surface area contributed by atoms with Gasteiger partial charge in [-0.25, -0.2) is 0 Å². The summed E-state index contributed by atoms with van der Waals surface area (Å²) in [4.78, 5) is 13.6. The summed E-state index contributed by atoms with van der Waals surface area (Å²) in [5, 5.41) is 8.93. The first-order chi connectivity index (χ1) is 7.54. The minimum absolute atomic E-state index is 0. The number of hydrogen-bond donors (Lipinski definition) is 2. The average Bonchev–Trinajstić information content (AvgIpc) is 2.26. The van der Waals surface area contributed by atoms with E-state index in [1.165, 1.54) is 0 Å². The fourth-order valence-electron chi connectivity index (χ4n) is 1.50. The second kappa shape index (κ2) is 10.8. The zero-order valence-electron chi connectivity index (χ0n) is 11.2. The molecule has 0 bridgehead atoms. The summed E-state index contributed by atoms with van der Waals surface area (Å²) < 4.78 is 0. The van der Waals surface area contributed by atoms with E-state index in [4.69, 9.17) is 10.8 Å². The molecule has 5 heteroatoms. The third-order valence-corrected chi connectivity index (χ3v) is 2.72. The number of halogens is 1. The molecule has 104 valence electrons. The van der Waals surface area contributed by atoms with Gasteiger partial charge >= 0.3 is 0 Å². The van der Waals surface area contributed by atoms with E-state index in [2.05, 4.69) is 6.92 Å². The van der Waals surface area contributed by atoms with Crippen molar-refractivity contribution >= 4 is 18.3 Å². The maximum absolute atomic E-state index is 12.0. The zero-order valence-corrected chi connectivity index (χ0v) is 12.0. The molecule has 0 aromatic carbocycles. The van der Waals surface area contributed by atoms with Crippen LogP contribution in [-0.4, -0.2) is 41.7 Å². The lowest BCUT2D eigenvalue weighted by molar-refractivity contribution is -0.134. The fourth-order valence-corrected chi connectivity index (χ4v) is 1.50. The van der Waals surface area contributed by atoms with Crippen LogP contribution in [0.15, 0.2) is 0 Å². The molecule has 0 heterocycles. The minimum atomic E-state index is -0.451. The quantitative estimate of drug-likeness (QED) is 0.653. The first-order valence-electron chi connectivity index (χ1n) is 6.19. The van der Waals surface area contributed by atoms with Gasteiger partial charge in [0.25, 0.3) is 0 Å². The Labute approximate surface area is 111 Å². The van der Waals surface area contributed by atoms with E-state index in [1.807, 2.05) is 13.8 Å². The monoisotopic (exact) mass is 266 g/mol. The second-order valence-corrected chi connectivity index (χ2v) is 4.53. The van der Waals surface area contributed by atoms with E-state index >= 15 is 0 Å². The third-order valence-electron chi connectivity index (χ3n) is 2.72. The van der Waals surface area contributed by atoms with Crippen molar-refractivity contribution in [1.29, 1.82) is 0 Å². The Morgan fingerprint density at radius 1 is 1.29 bits per heavy atom. The number of aliphatic hydroxyl groups excluding tert-OH is 1. The first kappa shape index (κ1) is 19.0. The average molecular weight is 267 g/mol. The lowest BCUT2D eigenvalue weighted by Gasteiger charge is -2.26. The van der Waals surface area contributed by atoms with Crippen LogP contribution in [0, 0.1) is 5.92 Å². The molecule has 3 N–H and O–H groups in total. The van der Waals surface area contributed by atoms with E-state index in [-0.39, 0.29) is 30.8 Å². The number of aliphatic hydroxyl groups is 1. The minimum Gasteiger partial charge on any atom is -0.395 e. The number of rotatable bonds is 8. The van der Waals surface area contributed by atoms with E-state index in [9.17, 15) is 4.79 Å². The van der Waals surface area contributed by atoms with Crippen LogP contribution in [0.2, 0.25) is 0 Å². The molecule has 0 aliphatic rings. The van der Waals surface area contributed by atoms with Gasteiger partial charge in [0.2, 0.25) is 5.91 Å². The summed E-state index contributed by atoms with van der Waals surface area (Å²) in [6, 6.07) is -0.451. The molecule has 4 nitrogen and oxygen atoms in total. The Balaban J connectivity index is 0. The zero-order chi connectivity index (χ0) is 12.6. The van der Waals surface area contributed by atoms with Gasteiger partial charge in [-0.1, -0.05) is 33.6 Å². The fraction of sp³-hybridized carbons (Fsp3) is 0.917. The molecule has 1 amide bonds. The van der Waals surface area contributed by atoms with Gasteiger partial charge < -0.3 is 15.7 Å². The molecule has 0 unspecified atom stereocenters. The molecule has 17 heavy (non-hydrogen) atoms. The lowest BCUT2D eigenvalue weighted by Crippen LogP contribution is -2.47. The van der Waals surface area contributed by atoms with Gasteiger partial charge in [-0.05, 0) is 12.3 Å². The lowest BCUT2D eigenvalue weighted by atomic mass is 10.0. The molecule has 0 radical (unpaired) electrons. The number of carbonyl (C=O) groups excluding carboxylic acids is 1. The summed E-state index contributed by atoms with van der Waals surface area (Å²) in [6.45, 7) is 7.09. The summed E-state index contributed by atoms with van der Waals surface area (Å²) >= 11 is 0. The van der Waals surface area contributed by atoms with Crippen molar-refractivity contribution in [2.45, 2.75) is 46.1 Å². The van der Waals surface area contributed by atoms with Crippen LogP contribution in [-0.2, 0) is 4.79 Å². The van der Waals surface area contributed by atoms with Crippen molar-refractivity contribution in [3.8, 4) is 0 Å². The first-order valence-corrected chi connectivity index (χ1v) is 6.19. The Morgan fingerprint density at radius 3 is 2.29 bits per heavy atom.